The average molecular weight is 315 g/mol. The van der Waals surface area contributed by atoms with Crippen molar-refractivity contribution in [1.29, 1.82) is 0 Å². The standard InChI is InChI=1S/C18H21NO2S/c1-10-6-12-9-19-14-5-4-11-7-15(20-2)16(21-3)8-13(11)17(14)18(12)22-10/h6-8,14,17,19H,4-5,9H2,1-3H3/t14-,17-/m0/s1. The molecule has 3 nitrogen and oxygen atoms in total. The lowest BCUT2D eigenvalue weighted by atomic mass is 9.75. The normalized spacial score (nSPS) is 22.5. The molecule has 0 saturated carbocycles. The molecule has 1 aromatic carbocycles. The van der Waals surface area contributed by atoms with Crippen molar-refractivity contribution in [3.63, 3.8) is 0 Å². The Hall–Kier alpha value is -1.52. The Balaban J connectivity index is 1.88. The molecule has 0 spiro atoms. The van der Waals surface area contributed by atoms with Crippen molar-refractivity contribution in [1.82, 2.24) is 5.32 Å². The first-order valence-corrected chi connectivity index (χ1v) is 8.60. The van der Waals surface area contributed by atoms with Crippen LogP contribution in [0.2, 0.25) is 0 Å². The Kier molecular flexibility index (Phi) is 3.39. The van der Waals surface area contributed by atoms with Gasteiger partial charge in [-0.05, 0) is 54.7 Å². The molecule has 116 valence electrons. The number of thiophene rings is 1. The van der Waals surface area contributed by atoms with E-state index in [9.17, 15) is 0 Å². The molecule has 0 fully saturated rings. The molecular weight excluding hydrogens is 294 g/mol. The van der Waals surface area contributed by atoms with E-state index in [2.05, 4.69) is 30.4 Å². The molecule has 4 heteroatoms. The second kappa shape index (κ2) is 5.28. The SMILES string of the molecule is COc1cc2c(cc1OC)[C@@H]1c3sc(C)cc3CN[C@H]1CC2. The molecule has 0 bridgehead atoms. The van der Waals surface area contributed by atoms with Crippen LogP contribution in [0.4, 0.5) is 0 Å². The highest BCUT2D eigenvalue weighted by Crippen LogP contribution is 2.46. The van der Waals surface area contributed by atoms with Crippen molar-refractivity contribution in [3.8, 4) is 11.5 Å². The lowest BCUT2D eigenvalue weighted by molar-refractivity contribution is 0.349. The van der Waals surface area contributed by atoms with Crippen molar-refractivity contribution < 1.29 is 9.47 Å². The van der Waals surface area contributed by atoms with Crippen molar-refractivity contribution in [2.45, 2.75) is 38.3 Å². The van der Waals surface area contributed by atoms with Gasteiger partial charge in [-0.2, -0.15) is 0 Å². The topological polar surface area (TPSA) is 30.5 Å². The van der Waals surface area contributed by atoms with E-state index in [0.29, 0.717) is 12.0 Å². The summed E-state index contributed by atoms with van der Waals surface area (Å²) in [5.41, 5.74) is 4.27. The van der Waals surface area contributed by atoms with E-state index in [-0.39, 0.29) is 0 Å². The van der Waals surface area contributed by atoms with Crippen molar-refractivity contribution >= 4 is 11.3 Å². The van der Waals surface area contributed by atoms with Gasteiger partial charge in [0.1, 0.15) is 0 Å². The van der Waals surface area contributed by atoms with Gasteiger partial charge in [-0.25, -0.2) is 0 Å². The number of aryl methyl sites for hydroxylation is 2. The van der Waals surface area contributed by atoms with Crippen LogP contribution >= 0.6 is 11.3 Å². The average Bonchev–Trinajstić information content (AvgIpc) is 2.93. The Morgan fingerprint density at radius 2 is 1.86 bits per heavy atom. The quantitative estimate of drug-likeness (QED) is 0.918. The zero-order valence-corrected chi connectivity index (χ0v) is 14.0. The summed E-state index contributed by atoms with van der Waals surface area (Å²) in [6, 6.07) is 7.23. The molecule has 0 saturated heterocycles. The van der Waals surface area contributed by atoms with Gasteiger partial charge in [0.25, 0.3) is 0 Å². The third kappa shape index (κ3) is 2.05. The van der Waals surface area contributed by atoms with E-state index < -0.39 is 0 Å². The number of nitrogens with one attached hydrogen (secondary N) is 1. The van der Waals surface area contributed by atoms with Gasteiger partial charge in [0.05, 0.1) is 14.2 Å². The van der Waals surface area contributed by atoms with Gasteiger partial charge >= 0.3 is 0 Å². The minimum Gasteiger partial charge on any atom is -0.493 e. The second-order valence-electron chi connectivity index (χ2n) is 6.16. The van der Waals surface area contributed by atoms with Crippen molar-refractivity contribution in [3.05, 3.63) is 44.6 Å². The van der Waals surface area contributed by atoms with E-state index in [1.165, 1.54) is 32.9 Å². The number of hydrogen-bond acceptors (Lipinski definition) is 4. The molecule has 1 aliphatic carbocycles. The molecule has 2 heterocycles. The minimum absolute atomic E-state index is 0.450. The highest BCUT2D eigenvalue weighted by molar-refractivity contribution is 7.12. The second-order valence-corrected chi connectivity index (χ2v) is 7.44. The highest BCUT2D eigenvalue weighted by atomic mass is 32.1. The molecule has 2 aromatic rings. The van der Waals surface area contributed by atoms with E-state index in [0.717, 1.165) is 24.5 Å². The number of benzene rings is 1. The first-order valence-electron chi connectivity index (χ1n) is 7.78. The molecular formula is C18H21NO2S. The van der Waals surface area contributed by atoms with Gasteiger partial charge in [-0.3, -0.25) is 0 Å². The molecule has 22 heavy (non-hydrogen) atoms. The van der Waals surface area contributed by atoms with Crippen LogP contribution < -0.4 is 14.8 Å². The third-order valence-corrected chi connectivity index (χ3v) is 6.09. The Labute approximate surface area is 135 Å². The minimum atomic E-state index is 0.450. The van der Waals surface area contributed by atoms with Crippen LogP contribution in [0.5, 0.6) is 11.5 Å². The summed E-state index contributed by atoms with van der Waals surface area (Å²) in [4.78, 5) is 2.94. The van der Waals surface area contributed by atoms with Crippen molar-refractivity contribution in [2.24, 2.45) is 0 Å². The lowest BCUT2D eigenvalue weighted by Gasteiger charge is -2.38. The number of hydrogen-bond donors (Lipinski definition) is 1. The van der Waals surface area contributed by atoms with Crippen molar-refractivity contribution in [2.75, 3.05) is 14.2 Å². The van der Waals surface area contributed by atoms with Crippen LogP contribution in [-0.2, 0) is 13.0 Å². The summed E-state index contributed by atoms with van der Waals surface area (Å²) < 4.78 is 11.0. The van der Waals surface area contributed by atoms with Gasteiger partial charge < -0.3 is 14.8 Å². The monoisotopic (exact) mass is 315 g/mol. The molecule has 1 aliphatic heterocycles. The summed E-state index contributed by atoms with van der Waals surface area (Å²) in [5, 5.41) is 3.73. The van der Waals surface area contributed by atoms with Crippen LogP contribution in [0, 0.1) is 6.92 Å². The molecule has 1 aromatic heterocycles. The fourth-order valence-corrected chi connectivity index (χ4v) is 5.14. The van der Waals surface area contributed by atoms with Gasteiger partial charge in [0, 0.05) is 28.3 Å². The molecule has 0 radical (unpaired) electrons. The first kappa shape index (κ1) is 14.1. The predicted octanol–water partition coefficient (Wildman–Crippen LogP) is 3.62. The zero-order chi connectivity index (χ0) is 15.3. The van der Waals surface area contributed by atoms with Gasteiger partial charge in [0.2, 0.25) is 0 Å². The number of ether oxygens (including phenoxy) is 2. The molecule has 2 aliphatic rings. The maximum absolute atomic E-state index is 5.53. The number of rotatable bonds is 2. The van der Waals surface area contributed by atoms with Crippen LogP contribution in [0.3, 0.4) is 0 Å². The van der Waals surface area contributed by atoms with Crippen LogP contribution in [0.25, 0.3) is 0 Å². The molecule has 1 N–H and O–H groups in total. The number of fused-ring (bicyclic) bond motifs is 5. The summed E-state index contributed by atoms with van der Waals surface area (Å²) in [5.74, 6) is 2.12. The zero-order valence-electron chi connectivity index (χ0n) is 13.2. The molecule has 0 amide bonds. The van der Waals surface area contributed by atoms with Gasteiger partial charge in [0.15, 0.2) is 11.5 Å². The summed E-state index contributed by atoms with van der Waals surface area (Å²) in [6.45, 7) is 3.21. The fraction of sp³-hybridized carbons (Fsp3) is 0.444. The first-order chi connectivity index (χ1) is 10.7. The van der Waals surface area contributed by atoms with Crippen LogP contribution in [0.1, 0.15) is 38.8 Å². The summed E-state index contributed by atoms with van der Waals surface area (Å²) in [7, 11) is 3.42. The lowest BCUT2D eigenvalue weighted by Crippen LogP contribution is -2.41. The Bertz CT molecular complexity index is 722. The van der Waals surface area contributed by atoms with E-state index in [4.69, 9.17) is 9.47 Å². The molecule has 2 atom stereocenters. The van der Waals surface area contributed by atoms with E-state index in [1.807, 2.05) is 11.3 Å². The summed E-state index contributed by atoms with van der Waals surface area (Å²) >= 11 is 1.95. The number of methoxy groups -OCH3 is 2. The maximum atomic E-state index is 5.53. The smallest absolute Gasteiger partial charge is 0.161 e. The maximum Gasteiger partial charge on any atom is 0.161 e. The highest BCUT2D eigenvalue weighted by Gasteiger charge is 2.36. The molecule has 4 rings (SSSR count). The molecule has 0 unspecified atom stereocenters. The Morgan fingerprint density at radius 1 is 1.09 bits per heavy atom. The fourth-order valence-electron chi connectivity index (χ4n) is 3.91. The van der Waals surface area contributed by atoms with E-state index >= 15 is 0 Å². The largest absolute Gasteiger partial charge is 0.493 e. The Morgan fingerprint density at radius 3 is 2.64 bits per heavy atom. The predicted molar refractivity (Wildman–Crippen MR) is 89.4 cm³/mol. The van der Waals surface area contributed by atoms with Gasteiger partial charge in [-0.1, -0.05) is 0 Å². The van der Waals surface area contributed by atoms with Crippen LogP contribution in [-0.4, -0.2) is 20.3 Å². The van der Waals surface area contributed by atoms with Crippen LogP contribution in [0.15, 0.2) is 18.2 Å². The van der Waals surface area contributed by atoms with E-state index in [1.54, 1.807) is 14.2 Å². The third-order valence-electron chi connectivity index (χ3n) is 4.91. The van der Waals surface area contributed by atoms with Gasteiger partial charge in [-0.15, -0.1) is 11.3 Å². The summed E-state index contributed by atoms with van der Waals surface area (Å²) in [6.07, 6.45) is 2.28.